The first-order valence-corrected chi connectivity index (χ1v) is 5.23. The maximum atomic E-state index is 10.3. The maximum Gasteiger partial charge on any atom is 0.235 e. The zero-order valence-electron chi connectivity index (χ0n) is 8.87. The number of benzene rings is 1. The highest BCUT2D eigenvalue weighted by Gasteiger charge is 2.22. The molecule has 1 rings (SSSR count). The maximum absolute atomic E-state index is 10.3. The summed E-state index contributed by atoms with van der Waals surface area (Å²) in [4.78, 5) is 14.1. The fourth-order valence-corrected chi connectivity index (χ4v) is 2.01. The fourth-order valence-electron chi connectivity index (χ4n) is 1.27. The van der Waals surface area contributed by atoms with E-state index in [0.717, 1.165) is 15.8 Å². The molecule has 0 atom stereocenters. The summed E-state index contributed by atoms with van der Waals surface area (Å²) >= 11 is 3.42. The number of ether oxygens (including phenoxy) is 1. The van der Waals surface area contributed by atoms with Crippen LogP contribution in [0.25, 0.3) is 0 Å². The molecule has 3 nitrogen and oxygen atoms in total. The van der Waals surface area contributed by atoms with Gasteiger partial charge in [0.2, 0.25) is 6.08 Å². The van der Waals surface area contributed by atoms with Crippen LogP contribution in [-0.4, -0.2) is 13.2 Å². The smallest absolute Gasteiger partial charge is 0.235 e. The third-order valence-electron chi connectivity index (χ3n) is 2.16. The highest BCUT2D eigenvalue weighted by molar-refractivity contribution is 9.10. The van der Waals surface area contributed by atoms with Crippen molar-refractivity contribution in [1.82, 2.24) is 0 Å². The molecule has 0 aliphatic heterocycles. The molecule has 0 amide bonds. The highest BCUT2D eigenvalue weighted by Crippen LogP contribution is 2.33. The summed E-state index contributed by atoms with van der Waals surface area (Å²) in [5.41, 5.74) is 0.292. The molecule has 0 aliphatic rings. The molecule has 0 radical (unpaired) electrons. The zero-order chi connectivity index (χ0) is 11.5. The first kappa shape index (κ1) is 12.0. The van der Waals surface area contributed by atoms with Crippen LogP contribution >= 0.6 is 15.9 Å². The summed E-state index contributed by atoms with van der Waals surface area (Å²) in [7, 11) is 1.60. The van der Waals surface area contributed by atoms with Crippen molar-refractivity contribution in [3.8, 4) is 5.75 Å². The number of rotatable bonds is 3. The van der Waals surface area contributed by atoms with E-state index in [9.17, 15) is 4.79 Å². The molecule has 0 fully saturated rings. The summed E-state index contributed by atoms with van der Waals surface area (Å²) in [6, 6.07) is 5.56. The van der Waals surface area contributed by atoms with Gasteiger partial charge in [-0.15, -0.1) is 0 Å². The minimum absolute atomic E-state index is 0.602. The largest absolute Gasteiger partial charge is 0.497 e. The van der Waals surface area contributed by atoms with E-state index in [0.29, 0.717) is 0 Å². The van der Waals surface area contributed by atoms with E-state index in [1.807, 2.05) is 32.0 Å². The molecule has 0 saturated heterocycles. The van der Waals surface area contributed by atoms with Crippen molar-refractivity contribution in [3.63, 3.8) is 0 Å². The highest BCUT2D eigenvalue weighted by atomic mass is 79.9. The van der Waals surface area contributed by atoms with Crippen molar-refractivity contribution in [1.29, 1.82) is 0 Å². The molecular weight excluding hydrogens is 258 g/mol. The van der Waals surface area contributed by atoms with E-state index in [4.69, 9.17) is 4.74 Å². The molecule has 4 heteroatoms. The van der Waals surface area contributed by atoms with Gasteiger partial charge < -0.3 is 4.74 Å². The van der Waals surface area contributed by atoms with Gasteiger partial charge in [0, 0.05) is 4.47 Å². The fraction of sp³-hybridized carbons (Fsp3) is 0.364. The van der Waals surface area contributed by atoms with Crippen molar-refractivity contribution < 1.29 is 9.53 Å². The minimum Gasteiger partial charge on any atom is -0.497 e. The first-order valence-electron chi connectivity index (χ1n) is 4.44. The van der Waals surface area contributed by atoms with Gasteiger partial charge in [0.05, 0.1) is 12.6 Å². The van der Waals surface area contributed by atoms with Crippen molar-refractivity contribution in [2.45, 2.75) is 19.4 Å². The Morgan fingerprint density at radius 1 is 1.47 bits per heavy atom. The Labute approximate surface area is 97.3 Å². The van der Waals surface area contributed by atoms with E-state index >= 15 is 0 Å². The van der Waals surface area contributed by atoms with Gasteiger partial charge in [0.25, 0.3) is 0 Å². The molecule has 0 bridgehead atoms. The van der Waals surface area contributed by atoms with Crippen LogP contribution in [0, 0.1) is 0 Å². The molecule has 0 spiro atoms. The second kappa shape index (κ2) is 4.60. The number of halogens is 1. The summed E-state index contributed by atoms with van der Waals surface area (Å²) in [6.07, 6.45) is 1.58. The monoisotopic (exact) mass is 269 g/mol. The van der Waals surface area contributed by atoms with Gasteiger partial charge in [-0.05, 0) is 37.6 Å². The van der Waals surface area contributed by atoms with Crippen molar-refractivity contribution in [3.05, 3.63) is 28.2 Å². The quantitative estimate of drug-likeness (QED) is 0.625. The number of methoxy groups -OCH3 is 1. The lowest BCUT2D eigenvalue weighted by molar-refractivity contribution is 0.412. The first-order chi connectivity index (χ1) is 7.01. The topological polar surface area (TPSA) is 38.7 Å². The Balaban J connectivity index is 3.28. The van der Waals surface area contributed by atoms with Crippen molar-refractivity contribution in [2.24, 2.45) is 4.99 Å². The predicted octanol–water partition coefficient (Wildman–Crippen LogP) is 3.03. The lowest BCUT2D eigenvalue weighted by atomic mass is 9.95. The second-order valence-corrected chi connectivity index (χ2v) is 4.46. The Bertz CT molecular complexity index is 409. The van der Waals surface area contributed by atoms with Crippen molar-refractivity contribution >= 4 is 22.0 Å². The SMILES string of the molecule is COc1ccc(Br)c(C(C)(C)N=C=O)c1. The molecule has 0 N–H and O–H groups in total. The molecule has 80 valence electrons. The van der Waals surface area contributed by atoms with Crippen LogP contribution in [0.5, 0.6) is 5.75 Å². The molecule has 0 unspecified atom stereocenters. The van der Waals surface area contributed by atoms with E-state index in [-0.39, 0.29) is 0 Å². The Morgan fingerprint density at radius 2 is 2.13 bits per heavy atom. The van der Waals surface area contributed by atoms with Gasteiger partial charge in [0.15, 0.2) is 0 Å². The van der Waals surface area contributed by atoms with Gasteiger partial charge in [-0.25, -0.2) is 4.79 Å². The van der Waals surface area contributed by atoms with Gasteiger partial charge in [-0.2, -0.15) is 4.99 Å². The number of aliphatic imine (C=N–C) groups is 1. The van der Waals surface area contributed by atoms with Crippen LogP contribution in [0.1, 0.15) is 19.4 Å². The summed E-state index contributed by atoms with van der Waals surface area (Å²) in [5, 5.41) is 0. The Kier molecular flexibility index (Phi) is 3.66. The molecule has 0 aliphatic carbocycles. The number of isocyanates is 1. The number of carbonyl (C=O) groups excluding carboxylic acids is 1. The van der Waals surface area contributed by atoms with E-state index in [2.05, 4.69) is 20.9 Å². The summed E-state index contributed by atoms with van der Waals surface area (Å²) < 4.78 is 6.02. The van der Waals surface area contributed by atoms with Crippen LogP contribution in [0.4, 0.5) is 0 Å². The van der Waals surface area contributed by atoms with Crippen LogP contribution in [0.3, 0.4) is 0 Å². The number of hydrogen-bond donors (Lipinski definition) is 0. The number of nitrogens with zero attached hydrogens (tertiary/aromatic N) is 1. The second-order valence-electron chi connectivity index (χ2n) is 3.61. The molecule has 0 saturated carbocycles. The van der Waals surface area contributed by atoms with Gasteiger partial charge in [-0.1, -0.05) is 15.9 Å². The molecule has 0 heterocycles. The van der Waals surface area contributed by atoms with E-state index in [1.165, 1.54) is 0 Å². The predicted molar refractivity (Wildman–Crippen MR) is 61.8 cm³/mol. The van der Waals surface area contributed by atoms with Crippen LogP contribution in [0.2, 0.25) is 0 Å². The molecule has 0 aromatic heterocycles. The Hall–Kier alpha value is -1.12. The molecule has 1 aromatic rings. The number of hydrogen-bond acceptors (Lipinski definition) is 3. The Morgan fingerprint density at radius 3 is 2.67 bits per heavy atom. The van der Waals surface area contributed by atoms with Crippen LogP contribution in [0.15, 0.2) is 27.7 Å². The normalized spacial score (nSPS) is 10.7. The lowest BCUT2D eigenvalue weighted by Gasteiger charge is -2.20. The average molecular weight is 270 g/mol. The third-order valence-corrected chi connectivity index (χ3v) is 2.85. The summed E-state index contributed by atoms with van der Waals surface area (Å²) in [5.74, 6) is 0.738. The van der Waals surface area contributed by atoms with E-state index < -0.39 is 5.54 Å². The van der Waals surface area contributed by atoms with Gasteiger partial charge in [-0.3, -0.25) is 0 Å². The average Bonchev–Trinajstić information content (AvgIpc) is 2.18. The van der Waals surface area contributed by atoms with Gasteiger partial charge in [0.1, 0.15) is 5.75 Å². The zero-order valence-corrected chi connectivity index (χ0v) is 10.5. The lowest BCUT2D eigenvalue weighted by Crippen LogP contribution is -2.14. The van der Waals surface area contributed by atoms with Crippen molar-refractivity contribution in [2.75, 3.05) is 7.11 Å². The molecule has 1 aromatic carbocycles. The standard InChI is InChI=1S/C11H12BrNO2/c1-11(2,13-7-14)9-6-8(15-3)4-5-10(9)12/h4-6H,1-3H3. The third kappa shape index (κ3) is 2.67. The van der Waals surface area contributed by atoms with Crippen LogP contribution in [-0.2, 0) is 10.3 Å². The molecule has 15 heavy (non-hydrogen) atoms. The van der Waals surface area contributed by atoms with E-state index in [1.54, 1.807) is 13.2 Å². The van der Waals surface area contributed by atoms with Gasteiger partial charge >= 0.3 is 0 Å². The minimum atomic E-state index is -0.602. The van der Waals surface area contributed by atoms with Crippen LogP contribution < -0.4 is 4.74 Å². The summed E-state index contributed by atoms with van der Waals surface area (Å²) in [6.45, 7) is 3.69. The molecular formula is C11H12BrNO2.